The number of carbonyl (C=O) groups excluding carboxylic acids is 1. The minimum absolute atomic E-state index is 0.0126. The van der Waals surface area contributed by atoms with Crippen molar-refractivity contribution in [3.8, 4) is 5.75 Å². The van der Waals surface area contributed by atoms with E-state index in [0.29, 0.717) is 6.54 Å². The largest absolute Gasteiger partial charge is 0.496 e. The van der Waals surface area contributed by atoms with E-state index >= 15 is 0 Å². The molecule has 0 aliphatic rings. The third-order valence-electron chi connectivity index (χ3n) is 2.63. The van der Waals surface area contributed by atoms with Gasteiger partial charge in [0.1, 0.15) is 5.75 Å². The van der Waals surface area contributed by atoms with Gasteiger partial charge in [-0.25, -0.2) is 0 Å². The molecule has 0 aliphatic carbocycles. The van der Waals surface area contributed by atoms with Crippen molar-refractivity contribution in [3.05, 3.63) is 41.0 Å². The molecule has 0 atom stereocenters. The van der Waals surface area contributed by atoms with Crippen molar-refractivity contribution in [2.45, 2.75) is 27.3 Å². The van der Waals surface area contributed by atoms with Crippen molar-refractivity contribution < 1.29 is 9.53 Å². The zero-order chi connectivity index (χ0) is 13.7. The lowest BCUT2D eigenvalue weighted by atomic mass is 10.1. The van der Waals surface area contributed by atoms with Gasteiger partial charge in [0.25, 0.3) is 0 Å². The van der Waals surface area contributed by atoms with Crippen LogP contribution in [0.5, 0.6) is 5.75 Å². The molecule has 0 aromatic heterocycles. The van der Waals surface area contributed by atoms with E-state index in [-0.39, 0.29) is 5.91 Å². The number of ether oxygens (including phenoxy) is 1. The topological polar surface area (TPSA) is 29.5 Å². The molecule has 3 nitrogen and oxygen atoms in total. The average molecular weight is 247 g/mol. The second-order valence-corrected chi connectivity index (χ2v) is 4.73. The predicted octanol–water partition coefficient (Wildman–Crippen LogP) is 2.93. The van der Waals surface area contributed by atoms with Crippen LogP contribution in [-0.4, -0.2) is 25.0 Å². The first kappa shape index (κ1) is 14.3. The molecule has 0 heterocycles. The Bertz CT molecular complexity index is 460. The maximum atomic E-state index is 11.9. The first-order chi connectivity index (χ1) is 8.43. The summed E-state index contributed by atoms with van der Waals surface area (Å²) in [4.78, 5) is 13.5. The summed E-state index contributed by atoms with van der Waals surface area (Å²) in [5.41, 5.74) is 3.19. The smallest absolute Gasteiger partial charge is 0.246 e. The number of allylic oxidation sites excluding steroid dienone is 1. The number of rotatable bonds is 4. The molecule has 0 saturated heterocycles. The number of methoxy groups -OCH3 is 1. The summed E-state index contributed by atoms with van der Waals surface area (Å²) < 4.78 is 5.31. The Morgan fingerprint density at radius 1 is 1.39 bits per heavy atom. The molecule has 0 saturated carbocycles. The van der Waals surface area contributed by atoms with Crippen LogP contribution >= 0.6 is 0 Å². The lowest BCUT2D eigenvalue weighted by molar-refractivity contribution is -0.125. The van der Waals surface area contributed by atoms with E-state index in [4.69, 9.17) is 4.74 Å². The van der Waals surface area contributed by atoms with Crippen molar-refractivity contribution in [2.75, 3.05) is 14.2 Å². The van der Waals surface area contributed by atoms with Crippen LogP contribution < -0.4 is 4.74 Å². The highest BCUT2D eigenvalue weighted by molar-refractivity contribution is 5.87. The summed E-state index contributed by atoms with van der Waals surface area (Å²) in [6, 6.07) is 5.98. The van der Waals surface area contributed by atoms with Crippen LogP contribution in [0.15, 0.2) is 29.8 Å². The third kappa shape index (κ3) is 3.91. The Balaban J connectivity index is 2.87. The minimum Gasteiger partial charge on any atom is -0.496 e. The highest BCUT2D eigenvalue weighted by Gasteiger charge is 2.10. The molecule has 0 radical (unpaired) electrons. The summed E-state index contributed by atoms with van der Waals surface area (Å²) in [5, 5.41) is 0. The predicted molar refractivity (Wildman–Crippen MR) is 73.6 cm³/mol. The quantitative estimate of drug-likeness (QED) is 0.766. The molecular formula is C15H21NO2. The highest BCUT2D eigenvalue weighted by atomic mass is 16.5. The zero-order valence-electron chi connectivity index (χ0n) is 11.8. The molecule has 1 rings (SSSR count). The van der Waals surface area contributed by atoms with Gasteiger partial charge in [-0.15, -0.1) is 0 Å². The van der Waals surface area contributed by atoms with Crippen LogP contribution in [0.2, 0.25) is 0 Å². The SMILES string of the molecule is COc1ccc(C)cc1CN(C)C(=O)C=C(C)C. The summed E-state index contributed by atoms with van der Waals surface area (Å²) in [6.07, 6.45) is 1.64. The summed E-state index contributed by atoms with van der Waals surface area (Å²) in [6.45, 7) is 6.41. The van der Waals surface area contributed by atoms with Gasteiger partial charge in [-0.2, -0.15) is 0 Å². The number of amides is 1. The van der Waals surface area contributed by atoms with E-state index in [0.717, 1.165) is 22.4 Å². The zero-order valence-corrected chi connectivity index (χ0v) is 11.8. The Hall–Kier alpha value is -1.77. The second-order valence-electron chi connectivity index (χ2n) is 4.73. The summed E-state index contributed by atoms with van der Waals surface area (Å²) in [5.74, 6) is 0.830. The molecule has 1 aromatic rings. The van der Waals surface area contributed by atoms with Gasteiger partial charge in [0, 0.05) is 25.2 Å². The number of hydrogen-bond donors (Lipinski definition) is 0. The van der Waals surface area contributed by atoms with E-state index in [9.17, 15) is 4.79 Å². The molecule has 0 N–H and O–H groups in total. The normalized spacial score (nSPS) is 9.83. The minimum atomic E-state index is 0.0126. The van der Waals surface area contributed by atoms with Crippen molar-refractivity contribution >= 4 is 5.91 Å². The second kappa shape index (κ2) is 6.24. The lowest BCUT2D eigenvalue weighted by Gasteiger charge is -2.18. The monoisotopic (exact) mass is 247 g/mol. The van der Waals surface area contributed by atoms with Gasteiger partial charge in [-0.3, -0.25) is 4.79 Å². The van der Waals surface area contributed by atoms with Crippen LogP contribution in [0.3, 0.4) is 0 Å². The Morgan fingerprint density at radius 3 is 2.61 bits per heavy atom. The van der Waals surface area contributed by atoms with Gasteiger partial charge in [0.05, 0.1) is 7.11 Å². The fourth-order valence-corrected chi connectivity index (χ4v) is 1.72. The van der Waals surface area contributed by atoms with Gasteiger partial charge < -0.3 is 9.64 Å². The van der Waals surface area contributed by atoms with E-state index < -0.39 is 0 Å². The van der Waals surface area contributed by atoms with Crippen molar-refractivity contribution in [1.29, 1.82) is 0 Å². The van der Waals surface area contributed by atoms with E-state index in [2.05, 4.69) is 0 Å². The Morgan fingerprint density at radius 2 is 2.06 bits per heavy atom. The molecule has 0 bridgehead atoms. The summed E-state index contributed by atoms with van der Waals surface area (Å²) in [7, 11) is 3.44. The first-order valence-corrected chi connectivity index (χ1v) is 5.97. The maximum Gasteiger partial charge on any atom is 0.246 e. The average Bonchev–Trinajstić information content (AvgIpc) is 2.28. The molecule has 18 heavy (non-hydrogen) atoms. The number of benzene rings is 1. The molecule has 0 fully saturated rings. The van der Waals surface area contributed by atoms with Gasteiger partial charge in [-0.1, -0.05) is 23.3 Å². The number of hydrogen-bond acceptors (Lipinski definition) is 2. The molecule has 3 heteroatoms. The standard InChI is InChI=1S/C15H21NO2/c1-11(2)8-15(17)16(4)10-13-9-12(3)6-7-14(13)18-5/h6-9H,10H2,1-5H3. The van der Waals surface area contributed by atoms with Crippen molar-refractivity contribution in [2.24, 2.45) is 0 Å². The first-order valence-electron chi connectivity index (χ1n) is 5.97. The molecule has 98 valence electrons. The molecule has 1 amide bonds. The van der Waals surface area contributed by atoms with E-state index in [1.165, 1.54) is 0 Å². The van der Waals surface area contributed by atoms with Crippen molar-refractivity contribution in [1.82, 2.24) is 4.90 Å². The van der Waals surface area contributed by atoms with E-state index in [1.54, 1.807) is 25.1 Å². The number of nitrogens with zero attached hydrogens (tertiary/aromatic N) is 1. The fourth-order valence-electron chi connectivity index (χ4n) is 1.72. The van der Waals surface area contributed by atoms with Crippen molar-refractivity contribution in [3.63, 3.8) is 0 Å². The van der Waals surface area contributed by atoms with Crippen LogP contribution in [0, 0.1) is 6.92 Å². The maximum absolute atomic E-state index is 11.9. The van der Waals surface area contributed by atoms with Gasteiger partial charge in [-0.05, 0) is 26.8 Å². The molecule has 1 aromatic carbocycles. The number of aryl methyl sites for hydroxylation is 1. The van der Waals surface area contributed by atoms with Gasteiger partial charge >= 0.3 is 0 Å². The van der Waals surface area contributed by atoms with Crippen LogP contribution in [0.1, 0.15) is 25.0 Å². The lowest BCUT2D eigenvalue weighted by Crippen LogP contribution is -2.24. The number of carbonyl (C=O) groups is 1. The van der Waals surface area contributed by atoms with Gasteiger partial charge in [0.15, 0.2) is 0 Å². The number of likely N-dealkylation sites (N-methyl/N-ethyl adjacent to an activating group) is 1. The summed E-state index contributed by atoms with van der Waals surface area (Å²) >= 11 is 0. The molecule has 0 aliphatic heterocycles. The van der Waals surface area contributed by atoms with Crippen LogP contribution in [-0.2, 0) is 11.3 Å². The Labute approximate surface area is 109 Å². The third-order valence-corrected chi connectivity index (χ3v) is 2.63. The van der Waals surface area contributed by atoms with Gasteiger partial charge in [0.2, 0.25) is 5.91 Å². The molecule has 0 unspecified atom stereocenters. The highest BCUT2D eigenvalue weighted by Crippen LogP contribution is 2.21. The van der Waals surface area contributed by atoms with E-state index in [1.807, 2.05) is 39.0 Å². The fraction of sp³-hybridized carbons (Fsp3) is 0.400. The molecular weight excluding hydrogens is 226 g/mol. The van der Waals surface area contributed by atoms with Crippen LogP contribution in [0.4, 0.5) is 0 Å². The Kier molecular flexibility index (Phi) is 4.95. The molecule has 0 spiro atoms. The van der Waals surface area contributed by atoms with Crippen LogP contribution in [0.25, 0.3) is 0 Å².